The van der Waals surface area contributed by atoms with E-state index in [1.54, 1.807) is 31.4 Å². The molecule has 3 rings (SSSR count). The molecule has 2 aromatic rings. The van der Waals surface area contributed by atoms with Gasteiger partial charge in [-0.2, -0.15) is 0 Å². The van der Waals surface area contributed by atoms with Crippen LogP contribution in [0.25, 0.3) is 5.57 Å². The summed E-state index contributed by atoms with van der Waals surface area (Å²) in [4.78, 5) is 27.5. The lowest BCUT2D eigenvalue weighted by atomic mass is 10.0. The minimum Gasteiger partial charge on any atom is -0.496 e. The van der Waals surface area contributed by atoms with E-state index in [4.69, 9.17) is 21.1 Å². The zero-order valence-corrected chi connectivity index (χ0v) is 17.4. The first-order valence-electron chi connectivity index (χ1n) is 9.24. The van der Waals surface area contributed by atoms with Crippen LogP contribution in [-0.4, -0.2) is 44.1 Å². The van der Waals surface area contributed by atoms with Crippen molar-refractivity contribution in [3.05, 3.63) is 64.3 Å². The molecule has 0 unspecified atom stereocenters. The van der Waals surface area contributed by atoms with Crippen molar-refractivity contribution < 1.29 is 19.1 Å². The Morgan fingerprint density at radius 3 is 2.52 bits per heavy atom. The molecule has 1 heterocycles. The Balaban J connectivity index is 2.05. The molecule has 2 aromatic carbocycles. The number of methoxy groups -OCH3 is 2. The molecule has 0 atom stereocenters. The molecule has 0 spiro atoms. The van der Waals surface area contributed by atoms with Gasteiger partial charge in [-0.05, 0) is 37.1 Å². The first-order valence-corrected chi connectivity index (χ1v) is 9.61. The molecule has 1 aliphatic heterocycles. The fourth-order valence-corrected chi connectivity index (χ4v) is 3.36. The predicted octanol–water partition coefficient (Wildman–Crippen LogP) is 3.89. The summed E-state index contributed by atoms with van der Waals surface area (Å²) < 4.78 is 10.5. The van der Waals surface area contributed by atoms with Crippen LogP contribution in [0.4, 0.5) is 5.69 Å². The fraction of sp³-hybridized carbons (Fsp3) is 0.273. The van der Waals surface area contributed by atoms with Gasteiger partial charge in [0.25, 0.3) is 11.8 Å². The number of rotatable bonds is 8. The number of para-hydroxylation sites is 1. The van der Waals surface area contributed by atoms with Crippen LogP contribution >= 0.6 is 11.6 Å². The highest BCUT2D eigenvalue weighted by Gasteiger charge is 2.39. The maximum Gasteiger partial charge on any atom is 0.278 e. The second kappa shape index (κ2) is 9.11. The van der Waals surface area contributed by atoms with Crippen LogP contribution in [-0.2, 0) is 14.3 Å². The smallest absolute Gasteiger partial charge is 0.278 e. The highest BCUT2D eigenvalue weighted by Crippen LogP contribution is 2.35. The van der Waals surface area contributed by atoms with Crippen molar-refractivity contribution in [3.63, 3.8) is 0 Å². The molecule has 0 saturated carbocycles. The van der Waals surface area contributed by atoms with E-state index in [2.05, 4.69) is 5.32 Å². The second-order valence-electron chi connectivity index (χ2n) is 6.65. The fourth-order valence-electron chi connectivity index (χ4n) is 3.18. The maximum absolute atomic E-state index is 13.2. The van der Waals surface area contributed by atoms with E-state index >= 15 is 0 Å². The number of carbonyl (C=O) groups is 2. The van der Waals surface area contributed by atoms with Crippen molar-refractivity contribution in [2.45, 2.75) is 13.3 Å². The highest BCUT2D eigenvalue weighted by atomic mass is 35.5. The Morgan fingerprint density at radius 2 is 1.83 bits per heavy atom. The van der Waals surface area contributed by atoms with Gasteiger partial charge in [0.1, 0.15) is 11.4 Å². The molecular formula is C22H23ClN2O4. The molecule has 0 aromatic heterocycles. The van der Waals surface area contributed by atoms with Gasteiger partial charge in [-0.15, -0.1) is 0 Å². The third-order valence-electron chi connectivity index (χ3n) is 4.72. The normalized spacial score (nSPS) is 14.0. The molecule has 0 aliphatic carbocycles. The van der Waals surface area contributed by atoms with Crippen molar-refractivity contribution in [2.24, 2.45) is 0 Å². The van der Waals surface area contributed by atoms with Crippen LogP contribution in [0.1, 0.15) is 17.5 Å². The molecule has 0 fully saturated rings. The van der Waals surface area contributed by atoms with E-state index in [-0.39, 0.29) is 29.6 Å². The number of hydrogen-bond acceptors (Lipinski definition) is 5. The average molecular weight is 415 g/mol. The zero-order valence-electron chi connectivity index (χ0n) is 16.6. The number of nitrogens with zero attached hydrogens (tertiary/aromatic N) is 1. The van der Waals surface area contributed by atoms with Crippen molar-refractivity contribution in [1.29, 1.82) is 0 Å². The molecule has 2 amide bonds. The van der Waals surface area contributed by atoms with Gasteiger partial charge < -0.3 is 14.8 Å². The van der Waals surface area contributed by atoms with Gasteiger partial charge in [0.15, 0.2) is 0 Å². The van der Waals surface area contributed by atoms with Gasteiger partial charge in [-0.25, -0.2) is 0 Å². The van der Waals surface area contributed by atoms with Crippen molar-refractivity contribution in [3.8, 4) is 5.75 Å². The zero-order chi connectivity index (χ0) is 21.0. The number of nitrogens with one attached hydrogen (secondary N) is 1. The Labute approximate surface area is 175 Å². The SMILES string of the molecule is COCCCN1C(=O)C(Nc2ccc(C)c(Cl)c2)=C(c2ccccc2OC)C1=O. The summed E-state index contributed by atoms with van der Waals surface area (Å²) in [7, 11) is 3.12. The van der Waals surface area contributed by atoms with Gasteiger partial charge in [-0.3, -0.25) is 14.5 Å². The van der Waals surface area contributed by atoms with Crippen molar-refractivity contribution >= 4 is 34.7 Å². The number of hydrogen-bond donors (Lipinski definition) is 1. The lowest BCUT2D eigenvalue weighted by Crippen LogP contribution is -2.33. The van der Waals surface area contributed by atoms with E-state index < -0.39 is 0 Å². The van der Waals surface area contributed by atoms with Crippen LogP contribution in [0.2, 0.25) is 5.02 Å². The molecule has 152 valence electrons. The van der Waals surface area contributed by atoms with E-state index in [0.29, 0.717) is 35.1 Å². The Hall–Kier alpha value is -2.83. The highest BCUT2D eigenvalue weighted by molar-refractivity contribution is 6.37. The summed E-state index contributed by atoms with van der Waals surface area (Å²) in [5.41, 5.74) is 2.59. The number of aryl methyl sites for hydroxylation is 1. The molecule has 0 saturated heterocycles. The Kier molecular flexibility index (Phi) is 6.56. The second-order valence-corrected chi connectivity index (χ2v) is 7.05. The summed E-state index contributed by atoms with van der Waals surface area (Å²) in [5, 5.41) is 3.68. The molecule has 0 radical (unpaired) electrons. The quantitative estimate of drug-likeness (QED) is 0.524. The summed E-state index contributed by atoms with van der Waals surface area (Å²) in [6.45, 7) is 2.62. The number of amides is 2. The third-order valence-corrected chi connectivity index (χ3v) is 5.12. The summed E-state index contributed by atoms with van der Waals surface area (Å²) >= 11 is 6.23. The summed E-state index contributed by atoms with van der Waals surface area (Å²) in [6.07, 6.45) is 0.552. The monoisotopic (exact) mass is 414 g/mol. The number of benzene rings is 2. The first kappa shape index (κ1) is 20.9. The topological polar surface area (TPSA) is 67.9 Å². The number of ether oxygens (including phenoxy) is 2. The van der Waals surface area contributed by atoms with E-state index in [1.807, 2.05) is 25.1 Å². The molecule has 1 N–H and O–H groups in total. The molecular weight excluding hydrogens is 392 g/mol. The van der Waals surface area contributed by atoms with Crippen molar-refractivity contribution in [2.75, 3.05) is 32.7 Å². The minimum absolute atomic E-state index is 0.205. The van der Waals surface area contributed by atoms with E-state index in [9.17, 15) is 9.59 Å². The molecule has 7 heteroatoms. The summed E-state index contributed by atoms with van der Waals surface area (Å²) in [6, 6.07) is 12.5. The molecule has 1 aliphatic rings. The van der Waals surface area contributed by atoms with Crippen LogP contribution < -0.4 is 10.1 Å². The molecule has 0 bridgehead atoms. The van der Waals surface area contributed by atoms with Crippen LogP contribution in [0.3, 0.4) is 0 Å². The lowest BCUT2D eigenvalue weighted by molar-refractivity contribution is -0.137. The number of halogens is 1. The van der Waals surface area contributed by atoms with Gasteiger partial charge in [0.2, 0.25) is 0 Å². The van der Waals surface area contributed by atoms with Gasteiger partial charge in [0.05, 0.1) is 12.7 Å². The Bertz CT molecular complexity index is 971. The number of anilines is 1. The minimum atomic E-state index is -0.385. The van der Waals surface area contributed by atoms with E-state index in [0.717, 1.165) is 5.56 Å². The number of imide groups is 1. The predicted molar refractivity (Wildman–Crippen MR) is 113 cm³/mol. The summed E-state index contributed by atoms with van der Waals surface area (Å²) in [5.74, 6) is -0.233. The third kappa shape index (κ3) is 4.28. The van der Waals surface area contributed by atoms with Crippen molar-refractivity contribution in [1.82, 2.24) is 4.90 Å². The van der Waals surface area contributed by atoms with Gasteiger partial charge in [0, 0.05) is 36.5 Å². The first-order chi connectivity index (χ1) is 14.0. The van der Waals surface area contributed by atoms with Crippen LogP contribution in [0, 0.1) is 6.92 Å². The molecule has 29 heavy (non-hydrogen) atoms. The standard InChI is InChI=1S/C22H23ClN2O4/c1-14-9-10-15(13-17(14)23)24-20-19(16-7-4-5-8-18(16)29-3)21(26)25(22(20)27)11-6-12-28-2/h4-5,7-10,13,24H,6,11-12H2,1-3H3. The average Bonchev–Trinajstić information content (AvgIpc) is 2.95. The number of carbonyl (C=O) groups excluding carboxylic acids is 2. The van der Waals surface area contributed by atoms with Gasteiger partial charge >= 0.3 is 0 Å². The van der Waals surface area contributed by atoms with Crippen LogP contribution in [0.15, 0.2) is 48.2 Å². The van der Waals surface area contributed by atoms with E-state index in [1.165, 1.54) is 12.0 Å². The lowest BCUT2D eigenvalue weighted by Gasteiger charge is -2.15. The molecule has 6 nitrogen and oxygen atoms in total. The Morgan fingerprint density at radius 1 is 1.07 bits per heavy atom. The maximum atomic E-state index is 13.2. The van der Waals surface area contributed by atoms with Gasteiger partial charge in [-0.1, -0.05) is 35.9 Å². The van der Waals surface area contributed by atoms with Crippen LogP contribution in [0.5, 0.6) is 5.75 Å². The largest absolute Gasteiger partial charge is 0.496 e.